The van der Waals surface area contributed by atoms with Gasteiger partial charge in [0.1, 0.15) is 5.75 Å². The van der Waals surface area contributed by atoms with Gasteiger partial charge < -0.3 is 4.74 Å². The summed E-state index contributed by atoms with van der Waals surface area (Å²) in [7, 11) is 0. The quantitative estimate of drug-likeness (QED) is 0.205. The zero-order chi connectivity index (χ0) is 22.5. The SMILES string of the molecule is CC(=CC(=COc1ccccc1)C(C)(C)C)C(C)(C)C.C[C](C)=[Ti+].[C-]1=CC=CC1. The van der Waals surface area contributed by atoms with Crippen molar-refractivity contribution in [2.45, 2.75) is 68.7 Å². The van der Waals surface area contributed by atoms with Crippen LogP contribution in [0.5, 0.6) is 5.75 Å². The molecular weight excluding hydrogens is 388 g/mol. The third-order valence-electron chi connectivity index (χ3n) is 4.07. The Bertz CT molecular complexity index is 706. The largest absolute Gasteiger partial charge is 0.273 e. The molecule has 0 aromatic heterocycles. The van der Waals surface area contributed by atoms with E-state index in [1.165, 1.54) is 15.0 Å². The Morgan fingerprint density at radius 3 is 1.86 bits per heavy atom. The zero-order valence-corrected chi connectivity index (χ0v) is 21.5. The van der Waals surface area contributed by atoms with Gasteiger partial charge >= 0.3 is 37.6 Å². The molecule has 1 aliphatic carbocycles. The van der Waals surface area contributed by atoms with E-state index >= 15 is 0 Å². The number of benzene rings is 1. The molecule has 0 atom stereocenters. The Morgan fingerprint density at radius 1 is 0.966 bits per heavy atom. The van der Waals surface area contributed by atoms with Crippen molar-refractivity contribution in [2.75, 3.05) is 0 Å². The first kappa shape index (κ1) is 27.6. The van der Waals surface area contributed by atoms with E-state index in [9.17, 15) is 0 Å². The second kappa shape index (κ2) is 13.7. The van der Waals surface area contributed by atoms with E-state index in [0.29, 0.717) is 0 Å². The second-order valence-corrected chi connectivity index (χ2v) is 10.9. The van der Waals surface area contributed by atoms with Crippen LogP contribution in [0.4, 0.5) is 0 Å². The summed E-state index contributed by atoms with van der Waals surface area (Å²) in [6.45, 7) is 19.7. The molecule has 0 fully saturated rings. The van der Waals surface area contributed by atoms with Gasteiger partial charge in [-0.2, -0.15) is 6.08 Å². The third kappa shape index (κ3) is 15.1. The fraction of sp³-hybridized carbons (Fsp3) is 0.444. The van der Waals surface area contributed by atoms with Gasteiger partial charge in [-0.3, -0.25) is 6.08 Å². The Labute approximate surface area is 191 Å². The average molecular weight is 427 g/mol. The molecule has 1 aromatic carbocycles. The molecule has 1 aromatic rings. The fourth-order valence-corrected chi connectivity index (χ4v) is 1.85. The summed E-state index contributed by atoms with van der Waals surface area (Å²) in [5.41, 5.74) is 2.79. The molecule has 2 rings (SSSR count). The standard InChI is InChI=1S/C19H28O.C5H5.C3H6.Ti/c1-15(18(2,3)4)13-16(19(5,6)7)14-20-17-11-9-8-10-12-17;1-2-4-5-3-1;1-3-2;/h8-14H,1-7H3;1-3H,4H2;1-2H3;/q;-1;;+1. The predicted octanol–water partition coefficient (Wildman–Crippen LogP) is 8.04. The minimum atomic E-state index is 0.0568. The van der Waals surface area contributed by atoms with Gasteiger partial charge in [-0.1, -0.05) is 71.4 Å². The van der Waals surface area contributed by atoms with Crippen LogP contribution >= 0.6 is 0 Å². The van der Waals surface area contributed by atoms with Crippen LogP contribution in [0, 0.1) is 16.9 Å². The molecule has 0 amide bonds. The van der Waals surface area contributed by atoms with Crippen LogP contribution in [0.3, 0.4) is 0 Å². The topological polar surface area (TPSA) is 9.23 Å². The van der Waals surface area contributed by atoms with Crippen molar-refractivity contribution in [2.24, 2.45) is 10.8 Å². The Kier molecular flexibility index (Phi) is 13.0. The van der Waals surface area contributed by atoms with Crippen LogP contribution < -0.4 is 4.74 Å². The molecule has 0 heterocycles. The third-order valence-corrected chi connectivity index (χ3v) is 4.07. The van der Waals surface area contributed by atoms with E-state index in [2.05, 4.69) is 101 Å². The summed E-state index contributed by atoms with van der Waals surface area (Å²) in [6.07, 6.45) is 14.1. The molecule has 1 aliphatic rings. The Hall–Kier alpha value is -1.44. The van der Waals surface area contributed by atoms with Gasteiger partial charge in [0.15, 0.2) is 0 Å². The van der Waals surface area contributed by atoms with Gasteiger partial charge in [0.25, 0.3) is 0 Å². The molecule has 1 nitrogen and oxygen atoms in total. The number of ether oxygens (including phenoxy) is 1. The molecule has 157 valence electrons. The van der Waals surface area contributed by atoms with Crippen molar-refractivity contribution in [3.8, 4) is 5.75 Å². The number of hydrogen-bond acceptors (Lipinski definition) is 1. The summed E-state index contributed by atoms with van der Waals surface area (Å²) in [4.78, 5) is 0. The van der Waals surface area contributed by atoms with Crippen LogP contribution in [0.1, 0.15) is 68.7 Å². The maximum Gasteiger partial charge on any atom is -0.109 e. The second-order valence-electron chi connectivity index (χ2n) is 9.33. The van der Waals surface area contributed by atoms with Gasteiger partial charge in [0.2, 0.25) is 0 Å². The van der Waals surface area contributed by atoms with Crippen LogP contribution in [-0.4, -0.2) is 3.81 Å². The molecule has 0 saturated carbocycles. The van der Waals surface area contributed by atoms with Gasteiger partial charge in [-0.15, -0.1) is 6.42 Å². The predicted molar refractivity (Wildman–Crippen MR) is 126 cm³/mol. The molecule has 2 heteroatoms. The van der Waals surface area contributed by atoms with Gasteiger partial charge in [-0.25, -0.2) is 12.2 Å². The maximum absolute atomic E-state index is 5.80. The molecule has 0 bridgehead atoms. The van der Waals surface area contributed by atoms with Crippen LogP contribution in [0.15, 0.2) is 72.0 Å². The van der Waals surface area contributed by atoms with E-state index in [4.69, 9.17) is 4.74 Å². The van der Waals surface area contributed by atoms with Crippen molar-refractivity contribution < 1.29 is 24.7 Å². The summed E-state index contributed by atoms with van der Waals surface area (Å²) in [6, 6.07) is 9.89. The van der Waals surface area contributed by atoms with Crippen molar-refractivity contribution >= 4 is 3.81 Å². The summed E-state index contributed by atoms with van der Waals surface area (Å²) in [5, 5.41) is 0. The van der Waals surface area contributed by atoms with Crippen LogP contribution in [0.2, 0.25) is 0 Å². The molecule has 0 saturated heterocycles. The molecule has 0 unspecified atom stereocenters. The maximum atomic E-state index is 5.80. The normalized spacial score (nSPS) is 13.9. The minimum absolute atomic E-state index is 0.0568. The first-order valence-electron chi connectivity index (χ1n) is 10.2. The summed E-state index contributed by atoms with van der Waals surface area (Å²) in [5.74, 6) is 0.871. The van der Waals surface area contributed by atoms with Gasteiger partial charge in [0.05, 0.1) is 6.26 Å². The van der Waals surface area contributed by atoms with Gasteiger partial charge in [0, 0.05) is 0 Å². The molecule has 0 aliphatic heterocycles. The number of para-hydroxylation sites is 1. The van der Waals surface area contributed by atoms with Crippen molar-refractivity contribution in [3.63, 3.8) is 0 Å². The van der Waals surface area contributed by atoms with E-state index in [-0.39, 0.29) is 10.8 Å². The van der Waals surface area contributed by atoms with E-state index in [0.717, 1.165) is 12.2 Å². The van der Waals surface area contributed by atoms with Crippen molar-refractivity contribution in [3.05, 3.63) is 78.1 Å². The molecule has 0 spiro atoms. The fourth-order valence-electron chi connectivity index (χ4n) is 1.85. The number of hydrogen-bond donors (Lipinski definition) is 0. The van der Waals surface area contributed by atoms with Crippen molar-refractivity contribution in [1.82, 2.24) is 0 Å². The Balaban J connectivity index is 0.000000714. The summed E-state index contributed by atoms with van der Waals surface area (Å²) < 4.78 is 7.22. The van der Waals surface area contributed by atoms with E-state index < -0.39 is 0 Å². The molecular formula is C27H39OTi. The van der Waals surface area contributed by atoms with E-state index in [1.807, 2.05) is 48.7 Å². The molecule has 0 N–H and O–H groups in total. The smallest absolute Gasteiger partial charge is 0.109 e. The molecule has 29 heavy (non-hydrogen) atoms. The van der Waals surface area contributed by atoms with Crippen LogP contribution in [-0.2, 0) is 20.0 Å². The minimum Gasteiger partial charge on any atom is -0.273 e. The number of allylic oxidation sites excluding steroid dienone is 7. The van der Waals surface area contributed by atoms with E-state index in [1.54, 1.807) is 0 Å². The first-order chi connectivity index (χ1) is 13.3. The zero-order valence-electron chi connectivity index (χ0n) is 19.9. The van der Waals surface area contributed by atoms with Crippen LogP contribution in [0.25, 0.3) is 0 Å². The first-order valence-corrected chi connectivity index (χ1v) is 11.0. The Morgan fingerprint density at radius 2 is 1.52 bits per heavy atom. The summed E-state index contributed by atoms with van der Waals surface area (Å²) >= 11 is 2.08. The monoisotopic (exact) mass is 427 g/mol. The molecule has 0 radical (unpaired) electrons. The van der Waals surface area contributed by atoms with Crippen molar-refractivity contribution in [1.29, 1.82) is 0 Å². The number of rotatable bonds is 3. The van der Waals surface area contributed by atoms with Gasteiger partial charge in [-0.05, 0) is 35.5 Å². The average Bonchev–Trinajstić information content (AvgIpc) is 3.16.